The van der Waals surface area contributed by atoms with Gasteiger partial charge in [0.2, 0.25) is 0 Å². The third-order valence-corrected chi connectivity index (χ3v) is 3.23. The summed E-state index contributed by atoms with van der Waals surface area (Å²) >= 11 is 2.30. The number of hydrogen-bond donors (Lipinski definition) is 0. The molecule has 0 aliphatic rings. The van der Waals surface area contributed by atoms with E-state index in [1.54, 1.807) is 0 Å². The van der Waals surface area contributed by atoms with Crippen LogP contribution in [-0.2, 0) is 0 Å². The second-order valence-electron chi connectivity index (χ2n) is 3.51. The van der Waals surface area contributed by atoms with Gasteiger partial charge in [0, 0.05) is 9.13 Å². The van der Waals surface area contributed by atoms with Crippen LogP contribution in [0.15, 0.2) is 53.3 Å². The lowest BCUT2D eigenvalue weighted by atomic mass is 10.0. The van der Waals surface area contributed by atoms with Crippen LogP contribution in [0.1, 0.15) is 0 Å². The molecule has 0 unspecified atom stereocenters. The van der Waals surface area contributed by atoms with Crippen LogP contribution < -0.4 is 0 Å². The minimum absolute atomic E-state index is 0.830. The van der Waals surface area contributed by atoms with Gasteiger partial charge in [0.05, 0.1) is 0 Å². The van der Waals surface area contributed by atoms with Crippen LogP contribution >= 0.6 is 22.6 Å². The molecule has 0 N–H and O–H groups in total. The molecule has 0 aliphatic heterocycles. The minimum atomic E-state index is 0.830. The molecule has 2 nitrogen and oxygen atoms in total. The standard InChI is InChI=1S/C13H8INO/c14-10-6-4-9(5-7-10)11-2-1-3-12-13(11)15-8-16-12/h1-8H. The number of aromatic nitrogens is 1. The monoisotopic (exact) mass is 321 g/mol. The van der Waals surface area contributed by atoms with Crippen molar-refractivity contribution in [2.24, 2.45) is 0 Å². The van der Waals surface area contributed by atoms with Gasteiger partial charge in [-0.05, 0) is 46.4 Å². The van der Waals surface area contributed by atoms with Crippen molar-refractivity contribution in [3.63, 3.8) is 0 Å². The summed E-state index contributed by atoms with van der Waals surface area (Å²) in [6.07, 6.45) is 1.49. The van der Waals surface area contributed by atoms with Gasteiger partial charge < -0.3 is 4.42 Å². The number of halogens is 1. The lowest BCUT2D eigenvalue weighted by Crippen LogP contribution is -1.80. The molecule has 16 heavy (non-hydrogen) atoms. The maximum atomic E-state index is 5.29. The summed E-state index contributed by atoms with van der Waals surface area (Å²) in [7, 11) is 0. The molecule has 3 rings (SSSR count). The minimum Gasteiger partial charge on any atom is -0.443 e. The summed E-state index contributed by atoms with van der Waals surface area (Å²) in [4.78, 5) is 4.25. The molecule has 0 amide bonds. The van der Waals surface area contributed by atoms with Gasteiger partial charge in [-0.15, -0.1) is 0 Å². The highest BCUT2D eigenvalue weighted by Gasteiger charge is 2.06. The van der Waals surface area contributed by atoms with E-state index in [-0.39, 0.29) is 0 Å². The van der Waals surface area contributed by atoms with Gasteiger partial charge in [-0.2, -0.15) is 0 Å². The molecule has 3 heteroatoms. The highest BCUT2D eigenvalue weighted by atomic mass is 127. The zero-order valence-corrected chi connectivity index (χ0v) is 10.5. The third-order valence-electron chi connectivity index (χ3n) is 2.52. The Balaban J connectivity index is 2.25. The fourth-order valence-corrected chi connectivity index (χ4v) is 2.11. The second kappa shape index (κ2) is 3.90. The van der Waals surface area contributed by atoms with E-state index in [1.165, 1.54) is 15.5 Å². The van der Waals surface area contributed by atoms with Gasteiger partial charge >= 0.3 is 0 Å². The molecule has 2 aromatic carbocycles. The van der Waals surface area contributed by atoms with Crippen LogP contribution in [0.4, 0.5) is 0 Å². The van der Waals surface area contributed by atoms with Gasteiger partial charge in [-0.25, -0.2) is 4.98 Å². The Hall–Kier alpha value is -1.36. The van der Waals surface area contributed by atoms with Crippen molar-refractivity contribution in [3.05, 3.63) is 52.4 Å². The van der Waals surface area contributed by atoms with Crippen LogP contribution in [0.2, 0.25) is 0 Å². The van der Waals surface area contributed by atoms with E-state index in [2.05, 4.69) is 57.9 Å². The average molecular weight is 321 g/mol. The molecule has 3 aromatic rings. The Bertz CT molecular complexity index is 628. The molecule has 0 radical (unpaired) electrons. The zero-order chi connectivity index (χ0) is 11.0. The molecule has 0 saturated heterocycles. The number of rotatable bonds is 1. The van der Waals surface area contributed by atoms with Crippen LogP contribution in [0, 0.1) is 3.57 Å². The third kappa shape index (κ3) is 1.61. The first-order valence-electron chi connectivity index (χ1n) is 4.93. The van der Waals surface area contributed by atoms with Crippen molar-refractivity contribution in [3.8, 4) is 11.1 Å². The molecule has 0 atom stereocenters. The summed E-state index contributed by atoms with van der Waals surface area (Å²) in [5, 5.41) is 0. The summed E-state index contributed by atoms with van der Waals surface area (Å²) in [6.45, 7) is 0. The Morgan fingerprint density at radius 2 is 1.81 bits per heavy atom. The Labute approximate surface area is 106 Å². The number of nitrogens with zero attached hydrogens (tertiary/aromatic N) is 1. The Morgan fingerprint density at radius 3 is 2.62 bits per heavy atom. The molecular formula is C13H8INO. The first-order chi connectivity index (χ1) is 7.84. The fraction of sp³-hybridized carbons (Fsp3) is 0. The van der Waals surface area contributed by atoms with Crippen molar-refractivity contribution in [1.29, 1.82) is 0 Å². The smallest absolute Gasteiger partial charge is 0.182 e. The highest BCUT2D eigenvalue weighted by Crippen LogP contribution is 2.27. The number of para-hydroxylation sites is 1. The molecule has 0 aliphatic carbocycles. The van der Waals surface area contributed by atoms with Crippen LogP contribution in [0.3, 0.4) is 0 Å². The summed E-state index contributed by atoms with van der Waals surface area (Å²) in [5.74, 6) is 0. The molecule has 0 bridgehead atoms. The van der Waals surface area contributed by atoms with Gasteiger partial charge in [-0.1, -0.05) is 24.3 Å². The zero-order valence-electron chi connectivity index (χ0n) is 8.35. The molecule has 0 spiro atoms. The van der Waals surface area contributed by atoms with Crippen LogP contribution in [-0.4, -0.2) is 4.98 Å². The lowest BCUT2D eigenvalue weighted by molar-refractivity contribution is 0.602. The van der Waals surface area contributed by atoms with Crippen LogP contribution in [0.5, 0.6) is 0 Å². The largest absolute Gasteiger partial charge is 0.443 e. The van der Waals surface area contributed by atoms with Gasteiger partial charge in [0.15, 0.2) is 12.0 Å². The molecule has 0 fully saturated rings. The molecular weight excluding hydrogens is 313 g/mol. The average Bonchev–Trinajstić information content (AvgIpc) is 2.78. The van der Waals surface area contributed by atoms with Crippen molar-refractivity contribution in [1.82, 2.24) is 4.98 Å². The summed E-state index contributed by atoms with van der Waals surface area (Å²) in [5.41, 5.74) is 4.03. The molecule has 78 valence electrons. The van der Waals surface area contributed by atoms with Gasteiger partial charge in [0.1, 0.15) is 5.52 Å². The van der Waals surface area contributed by atoms with Crippen LogP contribution in [0.25, 0.3) is 22.2 Å². The van der Waals surface area contributed by atoms with Crippen molar-refractivity contribution in [2.45, 2.75) is 0 Å². The van der Waals surface area contributed by atoms with E-state index < -0.39 is 0 Å². The number of benzene rings is 2. The van der Waals surface area contributed by atoms with E-state index in [0.29, 0.717) is 0 Å². The predicted molar refractivity (Wildman–Crippen MR) is 72.2 cm³/mol. The van der Waals surface area contributed by atoms with Crippen molar-refractivity contribution >= 4 is 33.7 Å². The molecule has 1 heterocycles. The number of fused-ring (bicyclic) bond motifs is 1. The van der Waals surface area contributed by atoms with Gasteiger partial charge in [-0.3, -0.25) is 0 Å². The first kappa shape index (κ1) is 9.84. The normalized spacial score (nSPS) is 10.8. The van der Waals surface area contributed by atoms with E-state index in [1.807, 2.05) is 12.1 Å². The molecule has 0 saturated carbocycles. The van der Waals surface area contributed by atoms with E-state index in [0.717, 1.165) is 16.7 Å². The van der Waals surface area contributed by atoms with Crippen molar-refractivity contribution < 1.29 is 4.42 Å². The maximum absolute atomic E-state index is 5.29. The van der Waals surface area contributed by atoms with Crippen molar-refractivity contribution in [2.75, 3.05) is 0 Å². The predicted octanol–water partition coefficient (Wildman–Crippen LogP) is 4.10. The topological polar surface area (TPSA) is 26.0 Å². The summed E-state index contributed by atoms with van der Waals surface area (Å²) in [6, 6.07) is 14.4. The first-order valence-corrected chi connectivity index (χ1v) is 6.00. The highest BCUT2D eigenvalue weighted by molar-refractivity contribution is 14.1. The van der Waals surface area contributed by atoms with E-state index in [9.17, 15) is 0 Å². The maximum Gasteiger partial charge on any atom is 0.182 e. The second-order valence-corrected chi connectivity index (χ2v) is 4.76. The SMILES string of the molecule is Ic1ccc(-c2cccc3ocnc23)cc1. The molecule has 1 aromatic heterocycles. The Kier molecular flexibility index (Phi) is 2.40. The Morgan fingerprint density at radius 1 is 1.00 bits per heavy atom. The number of hydrogen-bond acceptors (Lipinski definition) is 2. The van der Waals surface area contributed by atoms with Gasteiger partial charge in [0.25, 0.3) is 0 Å². The fourth-order valence-electron chi connectivity index (χ4n) is 1.75. The lowest BCUT2D eigenvalue weighted by Gasteiger charge is -2.01. The quantitative estimate of drug-likeness (QED) is 0.631. The van der Waals surface area contributed by atoms with E-state index >= 15 is 0 Å². The van der Waals surface area contributed by atoms with E-state index in [4.69, 9.17) is 4.42 Å². The summed E-state index contributed by atoms with van der Waals surface area (Å²) < 4.78 is 6.52. The number of oxazole rings is 1.